The van der Waals surface area contributed by atoms with Crippen LogP contribution in [0.4, 0.5) is 13.2 Å². The highest BCUT2D eigenvalue weighted by atomic mass is 19.2. The first kappa shape index (κ1) is 19.9. The lowest BCUT2D eigenvalue weighted by Crippen LogP contribution is -1.92. The second-order valence-electron chi connectivity index (χ2n) is 6.88. The predicted octanol–water partition coefficient (Wildman–Crippen LogP) is 7.81. The van der Waals surface area contributed by atoms with E-state index in [1.165, 1.54) is 18.2 Å². The van der Waals surface area contributed by atoms with Crippen molar-refractivity contribution < 1.29 is 13.2 Å². The summed E-state index contributed by atoms with van der Waals surface area (Å²) in [6, 6.07) is 14.6. The Morgan fingerprint density at radius 1 is 0.893 bits per heavy atom. The number of rotatable bonds is 7. The Bertz CT molecular complexity index is 1010. The topological polar surface area (TPSA) is 0 Å². The predicted molar refractivity (Wildman–Crippen MR) is 112 cm³/mol. The molecule has 0 N–H and O–H groups in total. The van der Waals surface area contributed by atoms with E-state index in [-0.39, 0.29) is 16.9 Å². The maximum atomic E-state index is 14.7. The minimum absolute atomic E-state index is 0.0980. The van der Waals surface area contributed by atoms with Crippen molar-refractivity contribution >= 4 is 22.4 Å². The molecule has 0 atom stereocenters. The third-order valence-corrected chi connectivity index (χ3v) is 4.84. The summed E-state index contributed by atoms with van der Waals surface area (Å²) in [5, 5.41) is 0.945. The van der Waals surface area contributed by atoms with Crippen molar-refractivity contribution in [3.05, 3.63) is 95.3 Å². The molecule has 0 aliphatic rings. The standard InChI is InChI=1S/C25H23F3/c1-3-5-7-18-12-13-20-16-21(14-15-22(20)23(18)26)25(28)24(27)19-10-8-17(6-4-2)9-11-19/h3,8-16H,1,4-7H2,2H3. The zero-order valence-corrected chi connectivity index (χ0v) is 15.9. The number of benzene rings is 3. The highest BCUT2D eigenvalue weighted by Crippen LogP contribution is 2.32. The zero-order chi connectivity index (χ0) is 20.1. The van der Waals surface area contributed by atoms with E-state index in [0.717, 1.165) is 18.4 Å². The van der Waals surface area contributed by atoms with Gasteiger partial charge in [-0.1, -0.05) is 68.0 Å². The van der Waals surface area contributed by atoms with Crippen molar-refractivity contribution in [3.8, 4) is 0 Å². The van der Waals surface area contributed by atoms with Gasteiger partial charge in [-0.05, 0) is 41.8 Å². The molecule has 0 unspecified atom stereocenters. The quantitative estimate of drug-likeness (QED) is 0.289. The lowest BCUT2D eigenvalue weighted by atomic mass is 10.00. The molecule has 0 saturated heterocycles. The molecule has 0 heterocycles. The molecule has 3 aromatic carbocycles. The molecule has 0 fully saturated rings. The molecule has 0 amide bonds. The van der Waals surface area contributed by atoms with Gasteiger partial charge in [-0.25, -0.2) is 13.2 Å². The Labute approximate surface area is 164 Å². The molecule has 0 aliphatic heterocycles. The lowest BCUT2D eigenvalue weighted by Gasteiger charge is -2.08. The average molecular weight is 380 g/mol. The van der Waals surface area contributed by atoms with Crippen molar-refractivity contribution in [3.63, 3.8) is 0 Å². The average Bonchev–Trinajstić information content (AvgIpc) is 2.73. The van der Waals surface area contributed by atoms with E-state index in [1.807, 2.05) is 12.1 Å². The number of allylic oxidation sites excluding steroid dienone is 1. The van der Waals surface area contributed by atoms with Crippen LogP contribution in [0.1, 0.15) is 42.0 Å². The number of fused-ring (bicyclic) bond motifs is 1. The van der Waals surface area contributed by atoms with Crippen LogP contribution in [0.3, 0.4) is 0 Å². The van der Waals surface area contributed by atoms with Gasteiger partial charge in [0.15, 0.2) is 11.7 Å². The summed E-state index contributed by atoms with van der Waals surface area (Å²) in [4.78, 5) is 0. The van der Waals surface area contributed by atoms with E-state index in [4.69, 9.17) is 0 Å². The molecule has 0 aromatic heterocycles. The van der Waals surface area contributed by atoms with E-state index < -0.39 is 11.7 Å². The number of aryl methyl sites for hydroxylation is 2. The SMILES string of the molecule is C=CCCc1ccc2cc(C(F)=C(F)c3ccc(CCC)cc3)ccc2c1F. The van der Waals surface area contributed by atoms with Crippen molar-refractivity contribution in [2.45, 2.75) is 32.6 Å². The van der Waals surface area contributed by atoms with Crippen LogP contribution in [0.15, 0.2) is 67.3 Å². The summed E-state index contributed by atoms with van der Waals surface area (Å²) in [6.45, 7) is 5.72. The summed E-state index contributed by atoms with van der Waals surface area (Å²) >= 11 is 0. The van der Waals surface area contributed by atoms with E-state index >= 15 is 0 Å². The first-order chi connectivity index (χ1) is 13.5. The van der Waals surface area contributed by atoms with Gasteiger partial charge in [-0.3, -0.25) is 0 Å². The molecule has 0 saturated carbocycles. The maximum absolute atomic E-state index is 14.7. The molecule has 0 nitrogen and oxygen atoms in total. The fourth-order valence-corrected chi connectivity index (χ4v) is 3.28. The Kier molecular flexibility index (Phi) is 6.35. The minimum atomic E-state index is -0.943. The Morgan fingerprint density at radius 3 is 2.25 bits per heavy atom. The summed E-state index contributed by atoms with van der Waals surface area (Å²) in [5.41, 5.74) is 1.98. The van der Waals surface area contributed by atoms with Crippen molar-refractivity contribution in [1.82, 2.24) is 0 Å². The van der Waals surface area contributed by atoms with Crippen LogP contribution in [0.2, 0.25) is 0 Å². The zero-order valence-electron chi connectivity index (χ0n) is 15.9. The van der Waals surface area contributed by atoms with Crippen LogP contribution >= 0.6 is 0 Å². The fourth-order valence-electron chi connectivity index (χ4n) is 3.28. The van der Waals surface area contributed by atoms with Gasteiger partial charge in [0.2, 0.25) is 0 Å². The first-order valence-electron chi connectivity index (χ1n) is 9.52. The first-order valence-corrected chi connectivity index (χ1v) is 9.52. The van der Waals surface area contributed by atoms with Crippen LogP contribution in [-0.2, 0) is 12.8 Å². The number of hydrogen-bond donors (Lipinski definition) is 0. The van der Waals surface area contributed by atoms with Crippen LogP contribution in [0, 0.1) is 5.82 Å². The van der Waals surface area contributed by atoms with Gasteiger partial charge in [0.05, 0.1) is 0 Å². The Hall–Kier alpha value is -2.81. The second-order valence-corrected chi connectivity index (χ2v) is 6.88. The normalized spacial score (nSPS) is 12.1. The number of halogens is 3. The molecule has 0 spiro atoms. The second kappa shape index (κ2) is 8.92. The molecule has 0 aliphatic carbocycles. The van der Waals surface area contributed by atoms with Crippen LogP contribution < -0.4 is 0 Å². The molecule has 28 heavy (non-hydrogen) atoms. The minimum Gasteiger partial charge on any atom is -0.206 e. The van der Waals surface area contributed by atoms with E-state index in [9.17, 15) is 13.2 Å². The van der Waals surface area contributed by atoms with Gasteiger partial charge >= 0.3 is 0 Å². The van der Waals surface area contributed by atoms with Crippen LogP contribution in [0.25, 0.3) is 22.4 Å². The maximum Gasteiger partial charge on any atom is 0.166 e. The third kappa shape index (κ3) is 4.19. The Balaban J connectivity index is 1.95. The largest absolute Gasteiger partial charge is 0.206 e. The van der Waals surface area contributed by atoms with E-state index in [2.05, 4.69) is 13.5 Å². The van der Waals surface area contributed by atoms with Gasteiger partial charge in [0.25, 0.3) is 0 Å². The Morgan fingerprint density at radius 2 is 1.57 bits per heavy atom. The molecule has 0 bridgehead atoms. The summed E-state index contributed by atoms with van der Waals surface area (Å²) in [7, 11) is 0. The summed E-state index contributed by atoms with van der Waals surface area (Å²) in [5.74, 6) is -2.17. The van der Waals surface area contributed by atoms with Gasteiger partial charge in [0.1, 0.15) is 5.82 Å². The fraction of sp³-hybridized carbons (Fsp3) is 0.200. The van der Waals surface area contributed by atoms with Gasteiger partial charge in [0, 0.05) is 16.5 Å². The molecular formula is C25H23F3. The molecular weight excluding hydrogens is 357 g/mol. The highest BCUT2D eigenvalue weighted by Gasteiger charge is 2.14. The van der Waals surface area contributed by atoms with Crippen LogP contribution in [-0.4, -0.2) is 0 Å². The summed E-state index contributed by atoms with van der Waals surface area (Å²) in [6.07, 6.45) is 4.88. The highest BCUT2D eigenvalue weighted by molar-refractivity contribution is 5.90. The molecule has 144 valence electrons. The van der Waals surface area contributed by atoms with E-state index in [0.29, 0.717) is 29.2 Å². The van der Waals surface area contributed by atoms with Gasteiger partial charge < -0.3 is 0 Å². The lowest BCUT2D eigenvalue weighted by molar-refractivity contribution is 0.621. The molecule has 3 aromatic rings. The molecule has 3 rings (SSSR count). The van der Waals surface area contributed by atoms with Crippen molar-refractivity contribution in [2.75, 3.05) is 0 Å². The van der Waals surface area contributed by atoms with Crippen LogP contribution in [0.5, 0.6) is 0 Å². The monoisotopic (exact) mass is 380 g/mol. The smallest absolute Gasteiger partial charge is 0.166 e. The summed E-state index contributed by atoms with van der Waals surface area (Å²) < 4.78 is 44.0. The van der Waals surface area contributed by atoms with Crippen molar-refractivity contribution in [1.29, 1.82) is 0 Å². The van der Waals surface area contributed by atoms with Gasteiger partial charge in [-0.15, -0.1) is 6.58 Å². The third-order valence-electron chi connectivity index (χ3n) is 4.84. The van der Waals surface area contributed by atoms with Crippen molar-refractivity contribution in [2.24, 2.45) is 0 Å². The molecule has 0 radical (unpaired) electrons. The van der Waals surface area contributed by atoms with Gasteiger partial charge in [-0.2, -0.15) is 0 Å². The van der Waals surface area contributed by atoms with E-state index in [1.54, 1.807) is 30.3 Å². The molecule has 3 heteroatoms. The number of hydrogen-bond acceptors (Lipinski definition) is 0.